The van der Waals surface area contributed by atoms with Crippen molar-refractivity contribution < 1.29 is 0 Å². The Morgan fingerprint density at radius 2 is 1.88 bits per heavy atom. The lowest BCUT2D eigenvalue weighted by atomic mass is 9.98. The number of fused-ring (bicyclic) bond motifs is 1. The maximum Gasteiger partial charge on any atom is 0.0998 e. The first-order valence-corrected chi connectivity index (χ1v) is 7.74. The zero-order valence-electron chi connectivity index (χ0n) is 13.0. The Balaban J connectivity index is 1.76. The molecule has 1 radical (unpaired) electrons. The molecule has 0 unspecified atom stereocenters. The minimum atomic E-state index is 0.681. The molecule has 1 aromatic heterocycles. The molecule has 0 atom stereocenters. The molecule has 0 saturated carbocycles. The summed E-state index contributed by atoms with van der Waals surface area (Å²) >= 11 is 0. The monoisotopic (exact) mass is 308 g/mol. The van der Waals surface area contributed by atoms with Crippen LogP contribution in [0.2, 0.25) is 0 Å². The molecule has 3 aromatic carbocycles. The van der Waals surface area contributed by atoms with Gasteiger partial charge in [0.2, 0.25) is 0 Å². The molecule has 4 rings (SSSR count). The molecule has 0 fully saturated rings. The number of para-hydroxylation sites is 2. The third kappa shape index (κ3) is 2.55. The first kappa shape index (κ1) is 14.2. The van der Waals surface area contributed by atoms with E-state index in [0.29, 0.717) is 5.56 Å². The third-order valence-corrected chi connectivity index (χ3v) is 4.11. The van der Waals surface area contributed by atoms with Crippen molar-refractivity contribution in [3.63, 3.8) is 0 Å². The van der Waals surface area contributed by atoms with E-state index in [1.165, 1.54) is 0 Å². The summed E-state index contributed by atoms with van der Waals surface area (Å²) in [5.41, 5.74) is 5.90. The first-order valence-electron chi connectivity index (χ1n) is 7.74. The van der Waals surface area contributed by atoms with Crippen LogP contribution < -0.4 is 0 Å². The maximum absolute atomic E-state index is 9.40. The van der Waals surface area contributed by atoms with Crippen LogP contribution >= 0.6 is 0 Å². The number of nitrogens with zero attached hydrogens (tertiary/aromatic N) is 3. The SMILES string of the molecule is N#Cc1ccc(Cn2cnc3ccccc32)cc1-c1cc[c]cc1. The molecule has 1 heterocycles. The Bertz CT molecular complexity index is 1040. The predicted molar refractivity (Wildman–Crippen MR) is 94.3 cm³/mol. The maximum atomic E-state index is 9.40. The van der Waals surface area contributed by atoms with Gasteiger partial charge in [-0.3, -0.25) is 0 Å². The fraction of sp³-hybridized carbons (Fsp3) is 0.0476. The van der Waals surface area contributed by atoms with Gasteiger partial charge in [-0.15, -0.1) is 0 Å². The van der Waals surface area contributed by atoms with Crippen LogP contribution in [0.15, 0.2) is 73.1 Å². The van der Waals surface area contributed by atoms with Crippen molar-refractivity contribution in [1.29, 1.82) is 5.26 Å². The molecular formula is C21H14N3. The average molecular weight is 308 g/mol. The summed E-state index contributed by atoms with van der Waals surface area (Å²) in [5, 5.41) is 9.40. The largest absolute Gasteiger partial charge is 0.326 e. The molecule has 0 N–H and O–H groups in total. The van der Waals surface area contributed by atoms with Crippen molar-refractivity contribution in [2.45, 2.75) is 6.54 Å². The number of hydrogen-bond acceptors (Lipinski definition) is 2. The van der Waals surface area contributed by atoms with E-state index in [1.807, 2.05) is 60.9 Å². The summed E-state index contributed by atoms with van der Waals surface area (Å²) in [4.78, 5) is 4.44. The van der Waals surface area contributed by atoms with Gasteiger partial charge >= 0.3 is 0 Å². The summed E-state index contributed by atoms with van der Waals surface area (Å²) in [6, 6.07) is 27.1. The lowest BCUT2D eigenvalue weighted by Crippen LogP contribution is -1.99. The van der Waals surface area contributed by atoms with Crippen molar-refractivity contribution >= 4 is 11.0 Å². The van der Waals surface area contributed by atoms with Crippen LogP contribution in [0, 0.1) is 17.4 Å². The van der Waals surface area contributed by atoms with Crippen molar-refractivity contribution in [1.82, 2.24) is 9.55 Å². The highest BCUT2D eigenvalue weighted by Gasteiger charge is 2.08. The van der Waals surface area contributed by atoms with Gasteiger partial charge in [0, 0.05) is 6.54 Å². The Morgan fingerprint density at radius 1 is 1.04 bits per heavy atom. The van der Waals surface area contributed by atoms with E-state index in [0.717, 1.165) is 34.3 Å². The molecule has 0 saturated heterocycles. The summed E-state index contributed by atoms with van der Waals surface area (Å²) in [7, 11) is 0. The number of imidazole rings is 1. The highest BCUT2D eigenvalue weighted by molar-refractivity contribution is 5.75. The first-order chi connectivity index (χ1) is 11.8. The normalized spacial score (nSPS) is 10.6. The van der Waals surface area contributed by atoms with Gasteiger partial charge in [0.25, 0.3) is 0 Å². The Kier molecular flexibility index (Phi) is 3.57. The highest BCUT2D eigenvalue weighted by Crippen LogP contribution is 2.25. The van der Waals surface area contributed by atoms with E-state index in [4.69, 9.17) is 0 Å². The molecule has 3 nitrogen and oxygen atoms in total. The number of hydrogen-bond donors (Lipinski definition) is 0. The number of rotatable bonds is 3. The molecule has 24 heavy (non-hydrogen) atoms. The fourth-order valence-corrected chi connectivity index (χ4v) is 2.93. The molecule has 4 aromatic rings. The van der Waals surface area contributed by atoms with Gasteiger partial charge in [-0.1, -0.05) is 42.5 Å². The topological polar surface area (TPSA) is 41.6 Å². The lowest BCUT2D eigenvalue weighted by Gasteiger charge is -2.09. The summed E-state index contributed by atoms with van der Waals surface area (Å²) in [6.45, 7) is 0.720. The van der Waals surface area contributed by atoms with E-state index in [-0.39, 0.29) is 0 Å². The van der Waals surface area contributed by atoms with Crippen LogP contribution in [0.3, 0.4) is 0 Å². The van der Waals surface area contributed by atoms with Crippen molar-refractivity contribution in [3.05, 3.63) is 90.3 Å². The van der Waals surface area contributed by atoms with Gasteiger partial charge in [-0.2, -0.15) is 5.26 Å². The van der Waals surface area contributed by atoms with Crippen LogP contribution in [0.25, 0.3) is 22.2 Å². The van der Waals surface area contributed by atoms with Gasteiger partial charge < -0.3 is 4.57 Å². The quantitative estimate of drug-likeness (QED) is 0.562. The number of benzene rings is 3. The highest BCUT2D eigenvalue weighted by atomic mass is 15.0. The molecule has 0 spiro atoms. The lowest BCUT2D eigenvalue weighted by molar-refractivity contribution is 0.824. The van der Waals surface area contributed by atoms with Gasteiger partial charge in [0.1, 0.15) is 0 Å². The van der Waals surface area contributed by atoms with E-state index in [1.54, 1.807) is 0 Å². The third-order valence-electron chi connectivity index (χ3n) is 4.11. The van der Waals surface area contributed by atoms with Crippen molar-refractivity contribution in [2.75, 3.05) is 0 Å². The van der Waals surface area contributed by atoms with Gasteiger partial charge in [-0.05, 0) is 47.0 Å². The van der Waals surface area contributed by atoms with Crippen LogP contribution in [-0.4, -0.2) is 9.55 Å². The van der Waals surface area contributed by atoms with Gasteiger partial charge in [-0.25, -0.2) is 4.98 Å². The number of nitriles is 1. The van der Waals surface area contributed by atoms with Gasteiger partial charge in [0.05, 0.1) is 29.0 Å². The second-order valence-corrected chi connectivity index (χ2v) is 5.64. The predicted octanol–water partition coefficient (Wildman–Crippen LogP) is 4.42. The van der Waals surface area contributed by atoms with Crippen LogP contribution in [0.4, 0.5) is 0 Å². The molecule has 3 heteroatoms. The average Bonchev–Trinajstić information content (AvgIpc) is 3.05. The minimum Gasteiger partial charge on any atom is -0.326 e. The van der Waals surface area contributed by atoms with E-state index < -0.39 is 0 Å². The molecule has 0 bridgehead atoms. The molecule has 0 aliphatic heterocycles. The van der Waals surface area contributed by atoms with E-state index in [2.05, 4.69) is 33.8 Å². The Morgan fingerprint density at radius 3 is 2.71 bits per heavy atom. The summed E-state index contributed by atoms with van der Waals surface area (Å²) < 4.78 is 2.12. The standard InChI is InChI=1S/C21H14N3/c22-13-18-11-10-16(12-19(18)17-6-2-1-3-7-17)14-24-15-23-20-8-4-5-9-21(20)24/h2-12,15H,14H2. The van der Waals surface area contributed by atoms with E-state index in [9.17, 15) is 5.26 Å². The number of aromatic nitrogens is 2. The zero-order valence-corrected chi connectivity index (χ0v) is 13.0. The molecule has 113 valence electrons. The smallest absolute Gasteiger partial charge is 0.0998 e. The van der Waals surface area contributed by atoms with Crippen molar-refractivity contribution in [3.8, 4) is 17.2 Å². The Hall–Kier alpha value is -3.38. The van der Waals surface area contributed by atoms with Crippen LogP contribution in [0.1, 0.15) is 11.1 Å². The molecular weight excluding hydrogens is 294 g/mol. The Labute approximate surface area is 140 Å². The second kappa shape index (κ2) is 6.02. The zero-order chi connectivity index (χ0) is 16.4. The minimum absolute atomic E-state index is 0.681. The molecule has 0 amide bonds. The van der Waals surface area contributed by atoms with Crippen LogP contribution in [0.5, 0.6) is 0 Å². The fourth-order valence-electron chi connectivity index (χ4n) is 2.93. The summed E-state index contributed by atoms with van der Waals surface area (Å²) in [5.74, 6) is 0. The second-order valence-electron chi connectivity index (χ2n) is 5.64. The van der Waals surface area contributed by atoms with Gasteiger partial charge in [0.15, 0.2) is 0 Å². The summed E-state index contributed by atoms with van der Waals surface area (Å²) in [6.07, 6.45) is 1.86. The van der Waals surface area contributed by atoms with Crippen molar-refractivity contribution in [2.24, 2.45) is 0 Å². The van der Waals surface area contributed by atoms with E-state index >= 15 is 0 Å². The van der Waals surface area contributed by atoms with Crippen LogP contribution in [-0.2, 0) is 6.54 Å². The molecule has 0 aliphatic rings. The molecule has 0 aliphatic carbocycles.